The quantitative estimate of drug-likeness (QED) is 0.658. The number of halogens is 2. The smallest absolute Gasteiger partial charge is 0.283 e. The highest BCUT2D eigenvalue weighted by Gasteiger charge is 2.25. The lowest BCUT2D eigenvalue weighted by Gasteiger charge is -2.17. The van der Waals surface area contributed by atoms with Gasteiger partial charge in [-0.1, -0.05) is 6.07 Å². The van der Waals surface area contributed by atoms with Gasteiger partial charge in [0.25, 0.3) is 5.69 Å². The number of nitrogens with zero attached hydrogens (tertiary/aromatic N) is 2. The zero-order chi connectivity index (χ0) is 14.0. The number of hydrogen-bond donors (Lipinski definition) is 1. The van der Waals surface area contributed by atoms with Crippen molar-refractivity contribution < 1.29 is 4.92 Å². The molecule has 1 aromatic rings. The number of benzene rings is 1. The highest BCUT2D eigenvalue weighted by molar-refractivity contribution is 9.10. The lowest BCUT2D eigenvalue weighted by molar-refractivity contribution is -0.385. The minimum Gasteiger partial charge on any atom is -0.328 e. The van der Waals surface area contributed by atoms with Crippen molar-refractivity contribution >= 4 is 34.0 Å². The number of nitro benzene ring substituents is 1. The molecule has 7 heteroatoms. The third-order valence-electron chi connectivity index (χ3n) is 3.67. The van der Waals surface area contributed by atoms with Gasteiger partial charge in [0.1, 0.15) is 0 Å². The zero-order valence-corrected chi connectivity index (χ0v) is 13.7. The molecule has 0 saturated carbocycles. The van der Waals surface area contributed by atoms with Crippen molar-refractivity contribution in [2.75, 3.05) is 13.1 Å². The molecule has 1 aliphatic heterocycles. The van der Waals surface area contributed by atoms with Crippen LogP contribution in [0.15, 0.2) is 22.7 Å². The maximum atomic E-state index is 10.9. The van der Waals surface area contributed by atoms with Gasteiger partial charge >= 0.3 is 0 Å². The van der Waals surface area contributed by atoms with Crippen molar-refractivity contribution in [2.45, 2.75) is 25.9 Å². The number of nitro groups is 1. The van der Waals surface area contributed by atoms with Gasteiger partial charge < -0.3 is 5.73 Å². The summed E-state index contributed by atoms with van der Waals surface area (Å²) in [6, 6.07) is 5.52. The van der Waals surface area contributed by atoms with Crippen LogP contribution in [-0.4, -0.2) is 29.0 Å². The molecular formula is C13H19BrClN3O2. The molecule has 5 nitrogen and oxygen atoms in total. The Kier molecular flexibility index (Phi) is 6.39. The Hall–Kier alpha value is -0.690. The van der Waals surface area contributed by atoms with Crippen LogP contribution in [0.4, 0.5) is 5.69 Å². The van der Waals surface area contributed by atoms with Crippen LogP contribution in [0.1, 0.15) is 18.9 Å². The Morgan fingerprint density at radius 1 is 1.60 bits per heavy atom. The van der Waals surface area contributed by atoms with E-state index in [1.807, 2.05) is 13.0 Å². The second kappa shape index (κ2) is 7.36. The van der Waals surface area contributed by atoms with E-state index in [9.17, 15) is 10.1 Å². The van der Waals surface area contributed by atoms with E-state index in [1.165, 1.54) is 0 Å². The molecular weight excluding hydrogens is 346 g/mol. The van der Waals surface area contributed by atoms with Gasteiger partial charge in [0.05, 0.1) is 9.40 Å². The maximum absolute atomic E-state index is 10.9. The van der Waals surface area contributed by atoms with Crippen molar-refractivity contribution in [1.29, 1.82) is 0 Å². The Morgan fingerprint density at radius 2 is 2.30 bits per heavy atom. The zero-order valence-electron chi connectivity index (χ0n) is 11.3. The first-order valence-electron chi connectivity index (χ1n) is 6.38. The SMILES string of the molecule is CC(N)C1CCN(Cc2ccc(Br)c([N+](=O)[O-])c2)C1.Cl. The summed E-state index contributed by atoms with van der Waals surface area (Å²) in [6.45, 7) is 4.77. The summed E-state index contributed by atoms with van der Waals surface area (Å²) >= 11 is 3.20. The molecule has 2 N–H and O–H groups in total. The third-order valence-corrected chi connectivity index (χ3v) is 4.34. The molecule has 112 valence electrons. The fourth-order valence-electron chi connectivity index (χ4n) is 2.49. The van der Waals surface area contributed by atoms with Crippen LogP contribution in [0.25, 0.3) is 0 Å². The van der Waals surface area contributed by atoms with Gasteiger partial charge in [0, 0.05) is 25.2 Å². The first kappa shape index (κ1) is 17.4. The second-order valence-corrected chi connectivity index (χ2v) is 6.04. The van der Waals surface area contributed by atoms with Crippen molar-refractivity contribution in [3.05, 3.63) is 38.3 Å². The molecule has 0 radical (unpaired) electrons. The van der Waals surface area contributed by atoms with E-state index in [1.54, 1.807) is 12.1 Å². The van der Waals surface area contributed by atoms with E-state index < -0.39 is 0 Å². The molecule has 0 spiro atoms. The van der Waals surface area contributed by atoms with E-state index in [0.29, 0.717) is 10.4 Å². The highest BCUT2D eigenvalue weighted by Crippen LogP contribution is 2.27. The predicted molar refractivity (Wildman–Crippen MR) is 85.1 cm³/mol. The predicted octanol–water partition coefficient (Wildman–Crippen LogP) is 2.95. The van der Waals surface area contributed by atoms with Gasteiger partial charge in [-0.2, -0.15) is 0 Å². The topological polar surface area (TPSA) is 72.4 Å². The monoisotopic (exact) mass is 363 g/mol. The summed E-state index contributed by atoms with van der Waals surface area (Å²) in [4.78, 5) is 12.8. The molecule has 0 amide bonds. The minimum absolute atomic E-state index is 0. The average molecular weight is 365 g/mol. The molecule has 1 heterocycles. The van der Waals surface area contributed by atoms with E-state index in [-0.39, 0.29) is 29.1 Å². The van der Waals surface area contributed by atoms with Gasteiger partial charge in [-0.25, -0.2) is 0 Å². The van der Waals surface area contributed by atoms with Gasteiger partial charge in [-0.15, -0.1) is 12.4 Å². The van der Waals surface area contributed by atoms with Crippen LogP contribution in [0.5, 0.6) is 0 Å². The molecule has 1 fully saturated rings. The molecule has 2 rings (SSSR count). The van der Waals surface area contributed by atoms with Gasteiger partial charge in [0.15, 0.2) is 0 Å². The van der Waals surface area contributed by atoms with Gasteiger partial charge in [-0.3, -0.25) is 15.0 Å². The normalized spacial score (nSPS) is 20.4. The summed E-state index contributed by atoms with van der Waals surface area (Å²) in [5.74, 6) is 0.533. The maximum Gasteiger partial charge on any atom is 0.283 e. The molecule has 0 bridgehead atoms. The van der Waals surface area contributed by atoms with Crippen molar-refractivity contribution in [3.63, 3.8) is 0 Å². The van der Waals surface area contributed by atoms with Crippen LogP contribution in [0, 0.1) is 16.0 Å². The lowest BCUT2D eigenvalue weighted by atomic mass is 10.0. The molecule has 1 aromatic carbocycles. The van der Waals surface area contributed by atoms with E-state index in [2.05, 4.69) is 20.8 Å². The summed E-state index contributed by atoms with van der Waals surface area (Å²) in [6.07, 6.45) is 1.11. The third kappa shape index (κ3) is 4.15. The van der Waals surface area contributed by atoms with Crippen molar-refractivity contribution in [3.8, 4) is 0 Å². The standard InChI is InChI=1S/C13H18BrN3O2.ClH/c1-9(15)11-4-5-16(8-11)7-10-2-3-12(14)13(6-10)17(18)19;/h2-3,6,9,11H,4-5,7-8,15H2,1H3;1H. The summed E-state index contributed by atoms with van der Waals surface area (Å²) in [5, 5.41) is 10.9. The molecule has 20 heavy (non-hydrogen) atoms. The fraction of sp³-hybridized carbons (Fsp3) is 0.538. The Bertz CT molecular complexity index is 485. The Labute approximate surface area is 133 Å². The molecule has 1 saturated heterocycles. The van der Waals surface area contributed by atoms with Crippen molar-refractivity contribution in [1.82, 2.24) is 4.90 Å². The number of hydrogen-bond acceptors (Lipinski definition) is 4. The van der Waals surface area contributed by atoms with E-state index >= 15 is 0 Å². The van der Waals surface area contributed by atoms with E-state index in [4.69, 9.17) is 5.73 Å². The average Bonchev–Trinajstić information content (AvgIpc) is 2.80. The molecule has 0 aliphatic carbocycles. The molecule has 2 unspecified atom stereocenters. The molecule has 2 atom stereocenters. The molecule has 1 aliphatic rings. The minimum atomic E-state index is -0.359. The first-order chi connectivity index (χ1) is 8.97. The largest absolute Gasteiger partial charge is 0.328 e. The summed E-state index contributed by atoms with van der Waals surface area (Å²) in [7, 11) is 0. The number of likely N-dealkylation sites (tertiary alicyclic amines) is 1. The van der Waals surface area contributed by atoms with Crippen LogP contribution in [0.3, 0.4) is 0 Å². The molecule has 0 aromatic heterocycles. The fourth-order valence-corrected chi connectivity index (χ4v) is 2.88. The van der Waals surface area contributed by atoms with Crippen LogP contribution >= 0.6 is 28.3 Å². The summed E-state index contributed by atoms with van der Waals surface area (Å²) in [5.41, 5.74) is 7.01. The second-order valence-electron chi connectivity index (χ2n) is 5.19. The Morgan fingerprint density at radius 3 is 2.85 bits per heavy atom. The van der Waals surface area contributed by atoms with E-state index in [0.717, 1.165) is 31.6 Å². The van der Waals surface area contributed by atoms with Gasteiger partial charge in [0.2, 0.25) is 0 Å². The Balaban J connectivity index is 0.00000200. The van der Waals surface area contributed by atoms with Crippen LogP contribution in [0.2, 0.25) is 0 Å². The van der Waals surface area contributed by atoms with Crippen molar-refractivity contribution in [2.24, 2.45) is 11.7 Å². The number of rotatable bonds is 4. The number of nitrogens with two attached hydrogens (primary N) is 1. The summed E-state index contributed by atoms with van der Waals surface area (Å²) < 4.78 is 0.524. The van der Waals surface area contributed by atoms with Crippen LogP contribution < -0.4 is 5.73 Å². The highest BCUT2D eigenvalue weighted by atomic mass is 79.9. The van der Waals surface area contributed by atoms with Crippen LogP contribution in [-0.2, 0) is 6.54 Å². The van der Waals surface area contributed by atoms with Gasteiger partial charge in [-0.05, 0) is 53.4 Å². The lowest BCUT2D eigenvalue weighted by Crippen LogP contribution is -2.29. The first-order valence-corrected chi connectivity index (χ1v) is 7.17.